The van der Waals surface area contributed by atoms with Crippen LogP contribution in [0.5, 0.6) is 0 Å². The van der Waals surface area contributed by atoms with Crippen LogP contribution in [0.4, 0.5) is 4.39 Å². The number of nitrogens with zero attached hydrogens (tertiary/aromatic N) is 4. The Balaban J connectivity index is 2.21. The minimum Gasteiger partial charge on any atom is -0.211 e. The Morgan fingerprint density at radius 1 is 1.00 bits per heavy atom. The quantitative estimate of drug-likeness (QED) is 0.715. The highest BCUT2D eigenvalue weighted by atomic mass is 19.1. The highest BCUT2D eigenvalue weighted by Gasteiger charge is 2.15. The SMILES string of the molecule is N#Cc1nnn(-c2ccccc2)c1-c1ccc(F)cc1. The van der Waals surface area contributed by atoms with Gasteiger partial charge in [-0.05, 0) is 36.4 Å². The predicted molar refractivity (Wildman–Crippen MR) is 71.5 cm³/mol. The van der Waals surface area contributed by atoms with Gasteiger partial charge in [0, 0.05) is 5.56 Å². The fourth-order valence-electron chi connectivity index (χ4n) is 1.97. The monoisotopic (exact) mass is 264 g/mol. The molecule has 0 atom stereocenters. The zero-order valence-corrected chi connectivity index (χ0v) is 10.4. The lowest BCUT2D eigenvalue weighted by molar-refractivity contribution is 0.628. The number of halogens is 1. The zero-order chi connectivity index (χ0) is 13.9. The van der Waals surface area contributed by atoms with Crippen LogP contribution in [0, 0.1) is 17.1 Å². The van der Waals surface area contributed by atoms with Crippen molar-refractivity contribution < 1.29 is 4.39 Å². The largest absolute Gasteiger partial charge is 0.211 e. The van der Waals surface area contributed by atoms with Gasteiger partial charge in [-0.15, -0.1) is 5.10 Å². The Labute approximate surface area is 114 Å². The van der Waals surface area contributed by atoms with Crippen molar-refractivity contribution >= 4 is 0 Å². The third-order valence-electron chi connectivity index (χ3n) is 2.89. The van der Waals surface area contributed by atoms with Crippen molar-refractivity contribution in [1.29, 1.82) is 5.26 Å². The molecule has 0 saturated heterocycles. The van der Waals surface area contributed by atoms with E-state index in [-0.39, 0.29) is 11.5 Å². The molecule has 0 N–H and O–H groups in total. The average molecular weight is 264 g/mol. The molecule has 3 aromatic rings. The average Bonchev–Trinajstić information content (AvgIpc) is 2.93. The van der Waals surface area contributed by atoms with Crippen LogP contribution >= 0.6 is 0 Å². The molecule has 0 aliphatic heterocycles. The molecule has 0 unspecified atom stereocenters. The molecule has 20 heavy (non-hydrogen) atoms. The van der Waals surface area contributed by atoms with Crippen LogP contribution in [0.25, 0.3) is 16.9 Å². The van der Waals surface area contributed by atoms with Crippen molar-refractivity contribution in [3.8, 4) is 23.0 Å². The first-order valence-electron chi connectivity index (χ1n) is 5.97. The van der Waals surface area contributed by atoms with Gasteiger partial charge in [-0.2, -0.15) is 5.26 Å². The molecular weight excluding hydrogens is 255 g/mol. The molecule has 5 heteroatoms. The van der Waals surface area contributed by atoms with Gasteiger partial charge in [0.25, 0.3) is 0 Å². The van der Waals surface area contributed by atoms with Gasteiger partial charge in [0.2, 0.25) is 0 Å². The number of hydrogen-bond acceptors (Lipinski definition) is 3. The van der Waals surface area contributed by atoms with Crippen LogP contribution in [0.3, 0.4) is 0 Å². The van der Waals surface area contributed by atoms with Gasteiger partial charge < -0.3 is 0 Å². The molecule has 3 rings (SSSR count). The van der Waals surface area contributed by atoms with Crippen LogP contribution in [0.2, 0.25) is 0 Å². The summed E-state index contributed by atoms with van der Waals surface area (Å²) in [7, 11) is 0. The number of nitriles is 1. The van der Waals surface area contributed by atoms with Crippen LogP contribution in [0.1, 0.15) is 5.69 Å². The molecule has 1 heterocycles. The van der Waals surface area contributed by atoms with Gasteiger partial charge in [0.15, 0.2) is 5.69 Å². The molecule has 96 valence electrons. The van der Waals surface area contributed by atoms with Crippen molar-refractivity contribution in [2.45, 2.75) is 0 Å². The van der Waals surface area contributed by atoms with Crippen LogP contribution in [-0.4, -0.2) is 15.0 Å². The molecule has 4 nitrogen and oxygen atoms in total. The van der Waals surface area contributed by atoms with Crippen molar-refractivity contribution in [1.82, 2.24) is 15.0 Å². The summed E-state index contributed by atoms with van der Waals surface area (Å²) in [4.78, 5) is 0. The molecule has 0 saturated carbocycles. The van der Waals surface area contributed by atoms with Crippen molar-refractivity contribution in [3.05, 3.63) is 66.1 Å². The second-order valence-electron chi connectivity index (χ2n) is 4.15. The first kappa shape index (κ1) is 12.1. The van der Waals surface area contributed by atoms with E-state index in [9.17, 15) is 4.39 Å². The smallest absolute Gasteiger partial charge is 0.191 e. The van der Waals surface area contributed by atoms with E-state index in [1.54, 1.807) is 16.8 Å². The predicted octanol–water partition coefficient (Wildman–Crippen LogP) is 2.95. The molecule has 0 bridgehead atoms. The van der Waals surface area contributed by atoms with Crippen molar-refractivity contribution in [2.24, 2.45) is 0 Å². The normalized spacial score (nSPS) is 10.2. The Kier molecular flexibility index (Phi) is 2.98. The minimum absolute atomic E-state index is 0.209. The van der Waals surface area contributed by atoms with Gasteiger partial charge in [-0.25, -0.2) is 9.07 Å². The minimum atomic E-state index is -0.328. The molecule has 2 aromatic carbocycles. The van der Waals surface area contributed by atoms with E-state index in [4.69, 9.17) is 5.26 Å². The second kappa shape index (κ2) is 4.94. The van der Waals surface area contributed by atoms with Gasteiger partial charge in [-0.3, -0.25) is 0 Å². The maximum atomic E-state index is 13.0. The zero-order valence-electron chi connectivity index (χ0n) is 10.4. The maximum absolute atomic E-state index is 13.0. The van der Waals surface area contributed by atoms with Gasteiger partial charge in [0.05, 0.1) is 5.69 Å². The van der Waals surface area contributed by atoms with Crippen molar-refractivity contribution in [3.63, 3.8) is 0 Å². The van der Waals surface area contributed by atoms with E-state index in [0.29, 0.717) is 11.3 Å². The standard InChI is InChI=1S/C15H9FN4/c16-12-8-6-11(7-9-12)15-14(10-17)18-19-20(15)13-4-2-1-3-5-13/h1-9H. The van der Waals surface area contributed by atoms with E-state index in [1.165, 1.54) is 12.1 Å². The summed E-state index contributed by atoms with van der Waals surface area (Å²) in [5, 5.41) is 17.0. The molecule has 0 spiro atoms. The van der Waals surface area contributed by atoms with Gasteiger partial charge in [-0.1, -0.05) is 23.4 Å². The molecule has 1 aromatic heterocycles. The molecular formula is C15H9FN4. The highest BCUT2D eigenvalue weighted by molar-refractivity contribution is 5.66. The van der Waals surface area contributed by atoms with E-state index < -0.39 is 0 Å². The second-order valence-corrected chi connectivity index (χ2v) is 4.15. The summed E-state index contributed by atoms with van der Waals surface area (Å²) in [6.07, 6.45) is 0. The number of rotatable bonds is 2. The lowest BCUT2D eigenvalue weighted by Gasteiger charge is -2.06. The van der Waals surface area contributed by atoms with Gasteiger partial charge in [0.1, 0.15) is 17.6 Å². The summed E-state index contributed by atoms with van der Waals surface area (Å²) in [6, 6.07) is 17.3. The molecule has 0 aliphatic carbocycles. The van der Waals surface area contributed by atoms with Crippen molar-refractivity contribution in [2.75, 3.05) is 0 Å². The van der Waals surface area contributed by atoms with Crippen LogP contribution in [0.15, 0.2) is 54.6 Å². The summed E-state index contributed by atoms with van der Waals surface area (Å²) in [6.45, 7) is 0. The van der Waals surface area contributed by atoms with E-state index in [2.05, 4.69) is 10.3 Å². The Hall–Kier alpha value is -3.00. The molecule has 0 aliphatic rings. The summed E-state index contributed by atoms with van der Waals surface area (Å²) >= 11 is 0. The molecule has 0 fully saturated rings. The summed E-state index contributed by atoms with van der Waals surface area (Å²) < 4.78 is 14.6. The number of aromatic nitrogens is 3. The van der Waals surface area contributed by atoms with E-state index >= 15 is 0 Å². The van der Waals surface area contributed by atoms with Crippen LogP contribution in [-0.2, 0) is 0 Å². The van der Waals surface area contributed by atoms with E-state index in [0.717, 1.165) is 5.69 Å². The number of hydrogen-bond donors (Lipinski definition) is 0. The lowest BCUT2D eigenvalue weighted by atomic mass is 10.1. The molecule has 0 amide bonds. The maximum Gasteiger partial charge on any atom is 0.191 e. The topological polar surface area (TPSA) is 54.5 Å². The molecule has 0 radical (unpaired) electrons. The van der Waals surface area contributed by atoms with Gasteiger partial charge >= 0.3 is 0 Å². The Morgan fingerprint density at radius 2 is 1.70 bits per heavy atom. The Bertz CT molecular complexity index is 770. The number of benzene rings is 2. The first-order valence-corrected chi connectivity index (χ1v) is 5.97. The van der Waals surface area contributed by atoms with Crippen LogP contribution < -0.4 is 0 Å². The highest BCUT2D eigenvalue weighted by Crippen LogP contribution is 2.24. The Morgan fingerprint density at radius 3 is 2.35 bits per heavy atom. The summed E-state index contributed by atoms with van der Waals surface area (Å²) in [5.74, 6) is -0.328. The third-order valence-corrected chi connectivity index (χ3v) is 2.89. The third kappa shape index (κ3) is 2.04. The lowest BCUT2D eigenvalue weighted by Crippen LogP contribution is -1.99. The number of para-hydroxylation sites is 1. The van der Waals surface area contributed by atoms with E-state index in [1.807, 2.05) is 36.4 Å². The summed E-state index contributed by atoms with van der Waals surface area (Å²) in [5.41, 5.74) is 2.25. The fraction of sp³-hybridized carbons (Fsp3) is 0. The fourth-order valence-corrected chi connectivity index (χ4v) is 1.97. The first-order chi connectivity index (χ1) is 9.79.